The summed E-state index contributed by atoms with van der Waals surface area (Å²) in [6.45, 7) is 3.28. The Labute approximate surface area is 168 Å². The van der Waals surface area contributed by atoms with E-state index in [1.165, 1.54) is 23.3 Å². The zero-order valence-electron chi connectivity index (χ0n) is 16.2. The van der Waals surface area contributed by atoms with Gasteiger partial charge in [-0.05, 0) is 53.8 Å². The molecule has 1 N–H and O–H groups in total. The number of nitrogens with one attached hydrogen (secondary N) is 1. The van der Waals surface area contributed by atoms with Gasteiger partial charge in [0.2, 0.25) is 11.9 Å². The fraction of sp³-hybridized carbons (Fsp3) is 0.409. The Bertz CT molecular complexity index is 1030. The molecule has 5 rings (SSSR count). The van der Waals surface area contributed by atoms with Crippen molar-refractivity contribution in [3.05, 3.63) is 54.4 Å². The number of hydrogen-bond donors (Lipinski definition) is 1. The van der Waals surface area contributed by atoms with Gasteiger partial charge in [0.15, 0.2) is 0 Å². The molecule has 2 fully saturated rings. The summed E-state index contributed by atoms with van der Waals surface area (Å²) < 4.78 is 13.4. The first kappa shape index (κ1) is 18.1. The van der Waals surface area contributed by atoms with Crippen molar-refractivity contribution in [3.8, 4) is 0 Å². The summed E-state index contributed by atoms with van der Waals surface area (Å²) in [4.78, 5) is 27.9. The van der Waals surface area contributed by atoms with E-state index in [-0.39, 0.29) is 5.91 Å². The number of rotatable bonds is 4. The molecule has 4 heterocycles. The van der Waals surface area contributed by atoms with E-state index in [9.17, 15) is 9.18 Å². The van der Waals surface area contributed by atoms with Gasteiger partial charge < -0.3 is 14.8 Å². The number of hydrogen-bond acceptors (Lipinski definition) is 4. The van der Waals surface area contributed by atoms with E-state index in [0.29, 0.717) is 24.1 Å². The van der Waals surface area contributed by atoms with Gasteiger partial charge in [-0.3, -0.25) is 4.79 Å². The molecule has 0 radical (unpaired) electrons. The Kier molecular flexibility index (Phi) is 4.66. The highest BCUT2D eigenvalue weighted by molar-refractivity contribution is 5.80. The molecule has 0 spiro atoms. The second-order valence-corrected chi connectivity index (χ2v) is 8.15. The number of halogens is 1. The molecular formula is C22H24FN5O. The first-order chi connectivity index (χ1) is 14.2. The molecule has 2 aliphatic heterocycles. The fourth-order valence-electron chi connectivity index (χ4n) is 4.75. The van der Waals surface area contributed by atoms with Crippen LogP contribution in [-0.2, 0) is 11.2 Å². The summed E-state index contributed by atoms with van der Waals surface area (Å²) in [5.41, 5.74) is 2.31. The number of likely N-dealkylation sites (tertiary alicyclic amines) is 1. The Morgan fingerprint density at radius 3 is 2.93 bits per heavy atom. The van der Waals surface area contributed by atoms with Crippen molar-refractivity contribution in [2.75, 3.05) is 31.1 Å². The Balaban J connectivity index is 1.18. The fourth-order valence-corrected chi connectivity index (χ4v) is 4.75. The highest BCUT2D eigenvalue weighted by Crippen LogP contribution is 2.33. The lowest BCUT2D eigenvalue weighted by molar-refractivity contribution is -0.133. The van der Waals surface area contributed by atoms with E-state index in [0.717, 1.165) is 44.5 Å². The molecule has 7 heteroatoms. The normalized spacial score (nSPS) is 21.6. The number of benzene rings is 1. The van der Waals surface area contributed by atoms with Crippen molar-refractivity contribution >= 4 is 22.6 Å². The van der Waals surface area contributed by atoms with Gasteiger partial charge in [-0.15, -0.1) is 0 Å². The minimum absolute atomic E-state index is 0.226. The van der Waals surface area contributed by atoms with Gasteiger partial charge >= 0.3 is 0 Å². The molecule has 1 amide bonds. The largest absolute Gasteiger partial charge is 0.361 e. The molecule has 0 saturated carbocycles. The Hall–Kier alpha value is -2.96. The number of amides is 1. The van der Waals surface area contributed by atoms with Crippen LogP contribution in [0, 0.1) is 17.8 Å². The van der Waals surface area contributed by atoms with Crippen LogP contribution in [0.3, 0.4) is 0 Å². The van der Waals surface area contributed by atoms with E-state index in [1.54, 1.807) is 0 Å². The van der Waals surface area contributed by atoms with Crippen LogP contribution in [-0.4, -0.2) is 51.9 Å². The third-order valence-corrected chi connectivity index (χ3v) is 6.34. The predicted molar refractivity (Wildman–Crippen MR) is 109 cm³/mol. The minimum atomic E-state index is -0.500. The molecule has 2 atom stereocenters. The number of aryl methyl sites for hydroxylation is 1. The average molecular weight is 393 g/mol. The van der Waals surface area contributed by atoms with Crippen LogP contribution in [0.2, 0.25) is 0 Å². The number of H-pyrrole nitrogens is 1. The molecule has 0 aliphatic carbocycles. The van der Waals surface area contributed by atoms with Gasteiger partial charge in [0, 0.05) is 50.4 Å². The zero-order valence-corrected chi connectivity index (χ0v) is 16.2. The topological polar surface area (TPSA) is 65.1 Å². The van der Waals surface area contributed by atoms with Crippen LogP contribution >= 0.6 is 0 Å². The number of aromatic amines is 1. The van der Waals surface area contributed by atoms with Crippen LogP contribution in [0.1, 0.15) is 18.4 Å². The minimum Gasteiger partial charge on any atom is -0.361 e. The summed E-state index contributed by atoms with van der Waals surface area (Å²) in [5, 5.41) is 1.18. The summed E-state index contributed by atoms with van der Waals surface area (Å²) in [5.74, 6) is 1.32. The van der Waals surface area contributed by atoms with Gasteiger partial charge in [-0.2, -0.15) is 4.39 Å². The molecular weight excluding hydrogens is 369 g/mol. The van der Waals surface area contributed by atoms with Gasteiger partial charge in [-0.25, -0.2) is 9.97 Å². The maximum atomic E-state index is 13.4. The van der Waals surface area contributed by atoms with Gasteiger partial charge in [0.1, 0.15) is 12.1 Å². The smallest absolute Gasteiger partial charge is 0.222 e. The molecule has 2 aromatic heterocycles. The van der Waals surface area contributed by atoms with Crippen molar-refractivity contribution in [1.82, 2.24) is 19.9 Å². The molecule has 0 bridgehead atoms. The first-order valence-corrected chi connectivity index (χ1v) is 10.2. The number of carbonyl (C=O) groups excluding carboxylic acids is 1. The second-order valence-electron chi connectivity index (χ2n) is 8.15. The maximum Gasteiger partial charge on any atom is 0.222 e. The Morgan fingerprint density at radius 1 is 1.14 bits per heavy atom. The lowest BCUT2D eigenvalue weighted by atomic mass is 9.88. The van der Waals surface area contributed by atoms with E-state index >= 15 is 0 Å². The molecule has 150 valence electrons. The lowest BCUT2D eigenvalue weighted by Crippen LogP contribution is -2.43. The van der Waals surface area contributed by atoms with Crippen molar-refractivity contribution in [2.24, 2.45) is 11.8 Å². The molecule has 29 heavy (non-hydrogen) atoms. The third kappa shape index (κ3) is 3.69. The average Bonchev–Trinajstić information content (AvgIpc) is 3.37. The standard InChI is InChI=1S/C22H24FN5O/c23-20-10-21(26-14-25-20)28-11-17-6-8-27(12-18(17)13-28)22(29)4-2-15-1-3-19-16(9-15)5-7-24-19/h1,3,5,7,9-10,14,17-18,24H,2,4,6,8,11-13H2/t17-,18+/m0/s1. The number of aromatic nitrogens is 3. The van der Waals surface area contributed by atoms with E-state index in [1.807, 2.05) is 11.1 Å². The van der Waals surface area contributed by atoms with Crippen molar-refractivity contribution < 1.29 is 9.18 Å². The second kappa shape index (κ2) is 7.46. The molecule has 1 aromatic carbocycles. The van der Waals surface area contributed by atoms with Crippen LogP contribution in [0.5, 0.6) is 0 Å². The number of anilines is 1. The first-order valence-electron chi connectivity index (χ1n) is 10.2. The van der Waals surface area contributed by atoms with Crippen molar-refractivity contribution in [2.45, 2.75) is 19.3 Å². The summed E-state index contributed by atoms with van der Waals surface area (Å²) in [6, 6.07) is 9.77. The molecule has 6 nitrogen and oxygen atoms in total. The number of carbonyl (C=O) groups is 1. The van der Waals surface area contributed by atoms with Crippen molar-refractivity contribution in [1.29, 1.82) is 0 Å². The highest BCUT2D eigenvalue weighted by atomic mass is 19.1. The van der Waals surface area contributed by atoms with Crippen molar-refractivity contribution in [3.63, 3.8) is 0 Å². The number of fused-ring (bicyclic) bond motifs is 2. The van der Waals surface area contributed by atoms with Crippen LogP contribution in [0.25, 0.3) is 10.9 Å². The zero-order chi connectivity index (χ0) is 19.8. The maximum absolute atomic E-state index is 13.4. The monoisotopic (exact) mass is 393 g/mol. The van der Waals surface area contributed by atoms with E-state index in [2.05, 4.69) is 44.1 Å². The quantitative estimate of drug-likeness (QED) is 0.692. The number of nitrogens with zero attached hydrogens (tertiary/aromatic N) is 4. The van der Waals surface area contributed by atoms with Crippen LogP contribution < -0.4 is 4.90 Å². The SMILES string of the molecule is O=C(CCc1ccc2[nH]ccc2c1)N1CC[C@H]2CN(c3cc(F)ncn3)C[C@H]2C1. The molecule has 3 aromatic rings. The number of piperidine rings is 1. The summed E-state index contributed by atoms with van der Waals surface area (Å²) >= 11 is 0. The predicted octanol–water partition coefficient (Wildman–Crippen LogP) is 3.01. The van der Waals surface area contributed by atoms with E-state index < -0.39 is 5.95 Å². The lowest BCUT2D eigenvalue weighted by Gasteiger charge is -2.34. The van der Waals surface area contributed by atoms with E-state index in [4.69, 9.17) is 0 Å². The Morgan fingerprint density at radius 2 is 2.03 bits per heavy atom. The van der Waals surface area contributed by atoms with Gasteiger partial charge in [0.25, 0.3) is 0 Å². The van der Waals surface area contributed by atoms with Crippen LogP contribution in [0.15, 0.2) is 42.9 Å². The highest BCUT2D eigenvalue weighted by Gasteiger charge is 2.38. The van der Waals surface area contributed by atoms with Gasteiger partial charge in [-0.1, -0.05) is 6.07 Å². The third-order valence-electron chi connectivity index (χ3n) is 6.34. The van der Waals surface area contributed by atoms with Gasteiger partial charge in [0.05, 0.1) is 0 Å². The summed E-state index contributed by atoms with van der Waals surface area (Å²) in [6.07, 6.45) is 5.50. The molecule has 0 unspecified atom stereocenters. The summed E-state index contributed by atoms with van der Waals surface area (Å²) in [7, 11) is 0. The van der Waals surface area contributed by atoms with Crippen LogP contribution in [0.4, 0.5) is 10.2 Å². The molecule has 2 aliphatic rings. The molecule has 2 saturated heterocycles.